The number of carbonyl (C=O) groups excluding carboxylic acids is 3. The summed E-state index contributed by atoms with van der Waals surface area (Å²) in [6.45, 7) is 3.90. The van der Waals surface area contributed by atoms with Gasteiger partial charge in [0.25, 0.3) is 11.8 Å². The zero-order chi connectivity index (χ0) is 36.4. The van der Waals surface area contributed by atoms with Gasteiger partial charge >= 0.3 is 12.1 Å². The number of esters is 1. The minimum absolute atomic E-state index is 0.00790. The van der Waals surface area contributed by atoms with Gasteiger partial charge in [-0.25, -0.2) is 13.2 Å². The smallest absolute Gasteiger partial charge is 0.408 e. The van der Waals surface area contributed by atoms with Gasteiger partial charge in [-0.1, -0.05) is 18.2 Å². The molecule has 1 fully saturated rings. The largest absolute Gasteiger partial charge is 0.460 e. The molecule has 9 nitrogen and oxygen atoms in total. The Morgan fingerprint density at radius 3 is 2.38 bits per heavy atom. The number of hydrogen-bond donors (Lipinski definition) is 2. The quantitative estimate of drug-likeness (QED) is 0.137. The van der Waals surface area contributed by atoms with Crippen LogP contribution in [0.4, 0.5) is 43.4 Å². The second-order valence-electron chi connectivity index (χ2n) is 13.0. The number of ether oxygens (including phenoxy) is 1. The number of halogens is 6. The van der Waals surface area contributed by atoms with Crippen LogP contribution in [0.15, 0.2) is 60.7 Å². The van der Waals surface area contributed by atoms with Crippen molar-refractivity contribution >= 4 is 45.7 Å². The fourth-order valence-corrected chi connectivity index (χ4v) is 5.81. The zero-order valence-corrected chi connectivity index (χ0v) is 27.4. The molecule has 1 aromatic heterocycles. The third kappa shape index (κ3) is 8.93. The van der Waals surface area contributed by atoms with Gasteiger partial charge in [0, 0.05) is 35.6 Å². The van der Waals surface area contributed by atoms with Crippen molar-refractivity contribution < 1.29 is 45.5 Å². The number of anilines is 3. The molecule has 1 atom stereocenters. The van der Waals surface area contributed by atoms with E-state index in [1.54, 1.807) is 31.7 Å². The van der Waals surface area contributed by atoms with Crippen molar-refractivity contribution in [3.05, 3.63) is 83.3 Å². The first-order valence-corrected chi connectivity index (χ1v) is 15.8. The average Bonchev–Trinajstić information content (AvgIpc) is 3.38. The van der Waals surface area contributed by atoms with Gasteiger partial charge in [0.1, 0.15) is 18.0 Å². The molecule has 50 heavy (non-hydrogen) atoms. The van der Waals surface area contributed by atoms with E-state index in [-0.39, 0.29) is 52.1 Å². The lowest BCUT2D eigenvalue weighted by atomic mass is 9.97. The Labute approximate surface area is 283 Å². The van der Waals surface area contributed by atoms with Crippen molar-refractivity contribution in [1.29, 1.82) is 0 Å². The van der Waals surface area contributed by atoms with Crippen LogP contribution < -0.4 is 15.5 Å². The van der Waals surface area contributed by atoms with E-state index in [4.69, 9.17) is 4.74 Å². The Morgan fingerprint density at radius 1 is 0.960 bits per heavy atom. The SMILES string of the molecule is CC(C)(C)OC(=O)Cc1cc(F)ccc1NC(=O)c1ccc(N2CCCC(C(F)F)C2)c(NC(=O)c2nn(CC(F)(F)F)c3ccccc23)c1. The molecule has 0 aliphatic carbocycles. The summed E-state index contributed by atoms with van der Waals surface area (Å²) in [5, 5.41) is 9.39. The molecule has 0 saturated carbocycles. The zero-order valence-electron chi connectivity index (χ0n) is 27.4. The molecule has 0 bridgehead atoms. The number of hydrogen-bond acceptors (Lipinski definition) is 6. The molecule has 1 unspecified atom stereocenters. The van der Waals surface area contributed by atoms with Gasteiger partial charge < -0.3 is 20.3 Å². The molecule has 3 aromatic carbocycles. The highest BCUT2D eigenvalue weighted by Crippen LogP contribution is 2.34. The van der Waals surface area contributed by atoms with Gasteiger partial charge in [-0.3, -0.25) is 19.1 Å². The summed E-state index contributed by atoms with van der Waals surface area (Å²) in [6.07, 6.45) is -6.83. The van der Waals surface area contributed by atoms with Gasteiger partial charge in [0.2, 0.25) is 6.43 Å². The van der Waals surface area contributed by atoms with Gasteiger partial charge in [-0.15, -0.1) is 0 Å². The fraction of sp³-hybridized carbons (Fsp3) is 0.371. The predicted octanol–water partition coefficient (Wildman–Crippen LogP) is 7.61. The Balaban J connectivity index is 1.48. The fourth-order valence-electron chi connectivity index (χ4n) is 5.81. The van der Waals surface area contributed by atoms with E-state index < -0.39 is 54.3 Å². The number of benzene rings is 3. The van der Waals surface area contributed by atoms with E-state index in [0.717, 1.165) is 12.1 Å². The lowest BCUT2D eigenvalue weighted by Crippen LogP contribution is -2.38. The van der Waals surface area contributed by atoms with Crippen molar-refractivity contribution in [3.63, 3.8) is 0 Å². The lowest BCUT2D eigenvalue weighted by molar-refractivity contribution is -0.154. The van der Waals surface area contributed by atoms with Crippen molar-refractivity contribution in [2.45, 2.75) is 64.8 Å². The van der Waals surface area contributed by atoms with Crippen molar-refractivity contribution in [3.8, 4) is 0 Å². The molecule has 1 saturated heterocycles. The third-order valence-electron chi connectivity index (χ3n) is 7.93. The van der Waals surface area contributed by atoms with Crippen LogP contribution in [-0.4, -0.2) is 58.9 Å². The molecule has 5 rings (SSSR count). The minimum Gasteiger partial charge on any atom is -0.460 e. The van der Waals surface area contributed by atoms with Gasteiger partial charge in [0.05, 0.1) is 23.3 Å². The molecule has 0 spiro atoms. The Kier molecular flexibility index (Phi) is 10.4. The van der Waals surface area contributed by atoms with Gasteiger partial charge in [-0.2, -0.15) is 18.3 Å². The number of nitrogens with zero attached hydrogens (tertiary/aromatic N) is 3. The molecular weight excluding hydrogens is 668 g/mol. The van der Waals surface area contributed by atoms with Crippen LogP contribution >= 0.6 is 0 Å². The van der Waals surface area contributed by atoms with Crippen molar-refractivity contribution in [2.75, 3.05) is 28.6 Å². The number of nitrogens with one attached hydrogen (secondary N) is 2. The molecule has 2 N–H and O–H groups in total. The number of para-hydroxylation sites is 1. The number of rotatable bonds is 9. The van der Waals surface area contributed by atoms with E-state index in [9.17, 15) is 40.7 Å². The van der Waals surface area contributed by atoms with E-state index >= 15 is 0 Å². The summed E-state index contributed by atoms with van der Waals surface area (Å²) in [5.74, 6) is -3.85. The number of carbonyl (C=O) groups is 3. The molecule has 0 radical (unpaired) electrons. The first-order chi connectivity index (χ1) is 23.5. The summed E-state index contributed by atoms with van der Waals surface area (Å²) in [6, 6.07) is 13.6. The number of alkyl halides is 5. The van der Waals surface area contributed by atoms with E-state index in [1.165, 1.54) is 42.5 Å². The highest BCUT2D eigenvalue weighted by molar-refractivity contribution is 6.13. The van der Waals surface area contributed by atoms with Crippen LogP contribution in [0.1, 0.15) is 60.0 Å². The molecule has 2 amide bonds. The maximum absolute atomic E-state index is 14.2. The molecule has 15 heteroatoms. The topological polar surface area (TPSA) is 106 Å². The highest BCUT2D eigenvalue weighted by Gasteiger charge is 2.32. The third-order valence-corrected chi connectivity index (χ3v) is 7.93. The maximum Gasteiger partial charge on any atom is 0.408 e. The van der Waals surface area contributed by atoms with E-state index in [2.05, 4.69) is 15.7 Å². The summed E-state index contributed by atoms with van der Waals surface area (Å²) in [5.41, 5.74) is -0.449. The lowest BCUT2D eigenvalue weighted by Gasteiger charge is -2.35. The second kappa shape index (κ2) is 14.4. The number of piperidine rings is 1. The standard InChI is InChI=1S/C35H35F6N5O4/c1-34(2,3)50-29(47)17-22-15-23(36)11-12-25(22)42-32(48)20-10-13-28(45-14-6-7-21(18-45)31(37)38)26(16-20)43-33(49)30-24-8-4-5-9-27(24)46(44-30)19-35(39,40)41/h4-5,8-13,15-16,21,31H,6-7,14,17-19H2,1-3H3,(H,42,48)(H,43,49). The molecule has 266 valence electrons. The van der Waals surface area contributed by atoms with Crippen LogP contribution in [0.5, 0.6) is 0 Å². The predicted molar refractivity (Wildman–Crippen MR) is 175 cm³/mol. The highest BCUT2D eigenvalue weighted by atomic mass is 19.4. The number of amides is 2. The summed E-state index contributed by atoms with van der Waals surface area (Å²) < 4.78 is 87.6. The van der Waals surface area contributed by atoms with E-state index in [1.807, 2.05) is 0 Å². The Morgan fingerprint density at radius 2 is 1.68 bits per heavy atom. The van der Waals surface area contributed by atoms with Crippen LogP contribution in [0.2, 0.25) is 0 Å². The Bertz CT molecular complexity index is 1900. The molecule has 4 aromatic rings. The monoisotopic (exact) mass is 703 g/mol. The van der Waals surface area contributed by atoms with Crippen LogP contribution in [0.3, 0.4) is 0 Å². The van der Waals surface area contributed by atoms with Gasteiger partial charge in [0.15, 0.2) is 5.69 Å². The summed E-state index contributed by atoms with van der Waals surface area (Å²) in [7, 11) is 0. The minimum atomic E-state index is -4.62. The summed E-state index contributed by atoms with van der Waals surface area (Å²) in [4.78, 5) is 41.4. The molecule has 2 heterocycles. The molecule has 1 aliphatic rings. The summed E-state index contributed by atoms with van der Waals surface area (Å²) >= 11 is 0. The second-order valence-corrected chi connectivity index (χ2v) is 13.0. The van der Waals surface area contributed by atoms with E-state index in [0.29, 0.717) is 29.8 Å². The first kappa shape index (κ1) is 36.2. The van der Waals surface area contributed by atoms with Crippen molar-refractivity contribution in [1.82, 2.24) is 9.78 Å². The molecule has 1 aliphatic heterocycles. The van der Waals surface area contributed by atoms with Crippen LogP contribution in [0, 0.1) is 11.7 Å². The van der Waals surface area contributed by atoms with Crippen molar-refractivity contribution in [2.24, 2.45) is 5.92 Å². The van der Waals surface area contributed by atoms with Crippen LogP contribution in [0.25, 0.3) is 10.9 Å². The number of aromatic nitrogens is 2. The van der Waals surface area contributed by atoms with Gasteiger partial charge in [-0.05, 0) is 81.6 Å². The average molecular weight is 704 g/mol. The Hall–Kier alpha value is -5.08. The molecular formula is C35H35F6N5O4. The van der Waals surface area contributed by atoms with Crippen LogP contribution in [-0.2, 0) is 22.5 Å². The normalized spacial score (nSPS) is 15.3. The maximum atomic E-state index is 14.2. The first-order valence-electron chi connectivity index (χ1n) is 15.8. The number of fused-ring (bicyclic) bond motifs is 1.